The number of ether oxygens (including phenoxy) is 4. The fraction of sp³-hybridized carbons (Fsp3) is 0.276. The van der Waals surface area contributed by atoms with Gasteiger partial charge in [0.15, 0.2) is 27.6 Å². The largest absolute Gasteiger partial charge is 0.494 e. The van der Waals surface area contributed by atoms with Crippen molar-refractivity contribution in [2.75, 3.05) is 44.3 Å². The molecular formula is C29H31N7O5S2. The summed E-state index contributed by atoms with van der Waals surface area (Å²) in [5.74, 6) is 3.42. The van der Waals surface area contributed by atoms with Crippen molar-refractivity contribution in [2.24, 2.45) is 0 Å². The number of hydrogen-bond acceptors (Lipinski definition) is 12. The van der Waals surface area contributed by atoms with E-state index in [2.05, 4.69) is 30.8 Å². The van der Waals surface area contributed by atoms with Crippen molar-refractivity contribution < 1.29 is 23.7 Å². The van der Waals surface area contributed by atoms with E-state index in [0.717, 1.165) is 21.5 Å². The van der Waals surface area contributed by atoms with Crippen LogP contribution in [0.2, 0.25) is 0 Å². The summed E-state index contributed by atoms with van der Waals surface area (Å²) < 4.78 is 24.9. The first kappa shape index (κ1) is 29.9. The van der Waals surface area contributed by atoms with Crippen molar-refractivity contribution in [1.29, 1.82) is 0 Å². The summed E-state index contributed by atoms with van der Waals surface area (Å²) in [6.07, 6.45) is 1.69. The number of hydrogen-bond donors (Lipinski definition) is 2. The second-order valence-corrected chi connectivity index (χ2v) is 10.9. The molecule has 12 nitrogen and oxygen atoms in total. The van der Waals surface area contributed by atoms with E-state index in [1.165, 1.54) is 23.1 Å². The number of amides is 1. The van der Waals surface area contributed by atoms with Crippen molar-refractivity contribution in [1.82, 2.24) is 24.7 Å². The Morgan fingerprint density at radius 2 is 1.81 bits per heavy atom. The third-order valence-corrected chi connectivity index (χ3v) is 8.16. The van der Waals surface area contributed by atoms with Crippen molar-refractivity contribution in [3.8, 4) is 34.4 Å². The average molecular weight is 622 g/mol. The molecule has 5 rings (SSSR count). The molecule has 224 valence electrons. The van der Waals surface area contributed by atoms with Crippen LogP contribution in [0.15, 0.2) is 53.8 Å². The van der Waals surface area contributed by atoms with Gasteiger partial charge in [0.2, 0.25) is 11.7 Å². The van der Waals surface area contributed by atoms with Gasteiger partial charge in [-0.1, -0.05) is 23.1 Å². The van der Waals surface area contributed by atoms with Crippen molar-refractivity contribution in [2.45, 2.75) is 25.5 Å². The molecule has 0 unspecified atom stereocenters. The zero-order valence-corrected chi connectivity index (χ0v) is 26.0. The number of fused-ring (bicyclic) bond motifs is 1. The molecule has 0 spiro atoms. The molecule has 2 aromatic carbocycles. The highest BCUT2D eigenvalue weighted by Gasteiger charge is 2.20. The molecule has 0 aliphatic rings. The Kier molecular flexibility index (Phi) is 9.47. The summed E-state index contributed by atoms with van der Waals surface area (Å²) in [6.45, 7) is 5.11. The third-order valence-electron chi connectivity index (χ3n) is 6.26. The minimum atomic E-state index is -0.188. The van der Waals surface area contributed by atoms with Crippen LogP contribution in [0.3, 0.4) is 0 Å². The summed E-state index contributed by atoms with van der Waals surface area (Å²) in [5, 5.41) is 16.2. The van der Waals surface area contributed by atoms with E-state index < -0.39 is 0 Å². The van der Waals surface area contributed by atoms with E-state index in [0.29, 0.717) is 58.0 Å². The molecule has 0 aliphatic carbocycles. The molecular weight excluding hydrogens is 590 g/mol. The van der Waals surface area contributed by atoms with Gasteiger partial charge in [-0.15, -0.1) is 10.2 Å². The molecule has 43 heavy (non-hydrogen) atoms. The SMILES string of the molecule is CCOc1ccc2nc(NC(=O)CSc3nnc(-c4cccnc4Nc4cc(OC)c(OC)c(OC)c4)n3CC)sc2c1. The number of nitrogens with zero attached hydrogens (tertiary/aromatic N) is 5. The Morgan fingerprint density at radius 3 is 2.51 bits per heavy atom. The van der Waals surface area contributed by atoms with Crippen LogP contribution in [0.4, 0.5) is 16.6 Å². The van der Waals surface area contributed by atoms with Crippen LogP contribution in [0.25, 0.3) is 21.6 Å². The van der Waals surface area contributed by atoms with Crippen molar-refractivity contribution in [3.05, 3.63) is 48.7 Å². The molecule has 0 fully saturated rings. The standard InChI is InChI=1S/C29H31N7O5S2/c1-6-36-27(19-9-8-12-30-26(19)31-17-13-21(38-3)25(40-5)22(14-17)39-4)34-35-29(36)42-16-24(37)33-28-32-20-11-10-18(41-7-2)15-23(20)43-28/h8-15H,6-7,16H2,1-5H3,(H,30,31)(H,32,33,37). The molecule has 0 saturated carbocycles. The normalized spacial score (nSPS) is 10.9. The smallest absolute Gasteiger partial charge is 0.236 e. The highest BCUT2D eigenvalue weighted by molar-refractivity contribution is 7.99. The summed E-state index contributed by atoms with van der Waals surface area (Å²) in [7, 11) is 4.68. The Labute approximate surface area is 256 Å². The molecule has 0 radical (unpaired) electrons. The van der Waals surface area contributed by atoms with E-state index in [1.807, 2.05) is 48.7 Å². The van der Waals surface area contributed by atoms with Crippen molar-refractivity contribution in [3.63, 3.8) is 0 Å². The lowest BCUT2D eigenvalue weighted by Gasteiger charge is -2.16. The summed E-state index contributed by atoms with van der Waals surface area (Å²) >= 11 is 2.70. The fourth-order valence-corrected chi connectivity index (χ4v) is 6.07. The number of nitrogens with one attached hydrogen (secondary N) is 2. The fourth-order valence-electron chi connectivity index (χ4n) is 4.36. The molecule has 3 heterocycles. The van der Waals surface area contributed by atoms with Gasteiger partial charge >= 0.3 is 0 Å². The van der Waals surface area contributed by atoms with Gasteiger partial charge in [0.1, 0.15) is 11.6 Å². The van der Waals surface area contributed by atoms with Crippen molar-refractivity contribution >= 4 is 55.9 Å². The number of aromatic nitrogens is 5. The molecule has 14 heteroatoms. The van der Waals surface area contributed by atoms with Gasteiger partial charge in [-0.2, -0.15) is 0 Å². The van der Waals surface area contributed by atoms with E-state index in [9.17, 15) is 4.79 Å². The van der Waals surface area contributed by atoms with Crippen LogP contribution in [0.5, 0.6) is 23.0 Å². The lowest BCUT2D eigenvalue weighted by Crippen LogP contribution is -2.14. The topological polar surface area (TPSA) is 135 Å². The second-order valence-electron chi connectivity index (χ2n) is 8.91. The maximum Gasteiger partial charge on any atom is 0.236 e. The highest BCUT2D eigenvalue weighted by atomic mass is 32.2. The molecule has 5 aromatic rings. The van der Waals surface area contributed by atoms with E-state index in [4.69, 9.17) is 18.9 Å². The number of pyridine rings is 1. The number of methoxy groups -OCH3 is 3. The molecule has 0 saturated heterocycles. The van der Waals surface area contributed by atoms with Crippen LogP contribution in [-0.4, -0.2) is 64.3 Å². The molecule has 0 aliphatic heterocycles. The lowest BCUT2D eigenvalue weighted by atomic mass is 10.2. The third kappa shape index (κ3) is 6.60. The molecule has 0 bridgehead atoms. The van der Waals surface area contributed by atoms with Crippen LogP contribution in [-0.2, 0) is 11.3 Å². The first-order valence-electron chi connectivity index (χ1n) is 13.4. The molecule has 0 atom stereocenters. The second kappa shape index (κ2) is 13.6. The maximum atomic E-state index is 12.8. The number of thiazole rings is 1. The predicted molar refractivity (Wildman–Crippen MR) is 168 cm³/mol. The molecule has 1 amide bonds. The number of anilines is 3. The minimum Gasteiger partial charge on any atom is -0.494 e. The summed E-state index contributed by atoms with van der Waals surface area (Å²) in [4.78, 5) is 21.9. The first-order valence-corrected chi connectivity index (χ1v) is 15.2. The van der Waals surface area contributed by atoms with Crippen LogP contribution in [0.1, 0.15) is 13.8 Å². The van der Waals surface area contributed by atoms with Crippen LogP contribution in [0, 0.1) is 0 Å². The molecule has 2 N–H and O–H groups in total. The predicted octanol–water partition coefficient (Wildman–Crippen LogP) is 5.87. The Morgan fingerprint density at radius 1 is 1.02 bits per heavy atom. The number of carbonyl (C=O) groups excluding carboxylic acids is 1. The number of thioether (sulfide) groups is 1. The zero-order chi connectivity index (χ0) is 30.3. The van der Waals surface area contributed by atoms with Gasteiger partial charge in [-0.3, -0.25) is 4.79 Å². The number of carbonyl (C=O) groups is 1. The van der Waals surface area contributed by atoms with Gasteiger partial charge in [-0.25, -0.2) is 9.97 Å². The van der Waals surface area contributed by atoms with Gasteiger partial charge < -0.3 is 34.1 Å². The van der Waals surface area contributed by atoms with Gasteiger partial charge in [0.05, 0.1) is 49.5 Å². The zero-order valence-electron chi connectivity index (χ0n) is 24.3. The van der Waals surface area contributed by atoms with E-state index in [-0.39, 0.29) is 11.7 Å². The van der Waals surface area contributed by atoms with Gasteiger partial charge in [0.25, 0.3) is 0 Å². The maximum absolute atomic E-state index is 12.8. The van der Waals surface area contributed by atoms with Gasteiger partial charge in [-0.05, 0) is 44.2 Å². The van der Waals surface area contributed by atoms with Crippen LogP contribution < -0.4 is 29.6 Å². The van der Waals surface area contributed by atoms with E-state index >= 15 is 0 Å². The monoisotopic (exact) mass is 621 g/mol. The quantitative estimate of drug-likeness (QED) is 0.153. The highest BCUT2D eigenvalue weighted by Crippen LogP contribution is 2.41. The molecule has 3 aromatic heterocycles. The number of rotatable bonds is 13. The number of benzene rings is 2. The first-order chi connectivity index (χ1) is 21.0. The lowest BCUT2D eigenvalue weighted by molar-refractivity contribution is -0.113. The Bertz CT molecular complexity index is 1710. The minimum absolute atomic E-state index is 0.141. The average Bonchev–Trinajstić information content (AvgIpc) is 3.62. The van der Waals surface area contributed by atoms with Gasteiger partial charge in [0, 0.05) is 30.6 Å². The Balaban J connectivity index is 1.32. The summed E-state index contributed by atoms with van der Waals surface area (Å²) in [6, 6.07) is 13.0. The van der Waals surface area contributed by atoms with Crippen LogP contribution >= 0.6 is 23.1 Å². The Hall–Kier alpha value is -4.56. The summed E-state index contributed by atoms with van der Waals surface area (Å²) in [5.41, 5.74) is 2.23. The van der Waals surface area contributed by atoms with E-state index in [1.54, 1.807) is 39.7 Å².